The predicted molar refractivity (Wildman–Crippen MR) is 62.2 cm³/mol. The largest absolute Gasteiger partial charge is 0.467 e. The summed E-state index contributed by atoms with van der Waals surface area (Å²) in [4.78, 5) is 0. The van der Waals surface area contributed by atoms with Gasteiger partial charge in [0, 0.05) is 0 Å². The Morgan fingerprint density at radius 1 is 1.44 bits per heavy atom. The van der Waals surface area contributed by atoms with Gasteiger partial charge in [0.1, 0.15) is 5.76 Å². The molecule has 0 aromatic carbocycles. The number of nitrogens with one attached hydrogen (secondary N) is 1. The van der Waals surface area contributed by atoms with Crippen LogP contribution in [0.5, 0.6) is 0 Å². The second-order valence-corrected chi connectivity index (χ2v) is 4.28. The summed E-state index contributed by atoms with van der Waals surface area (Å²) in [5, 5.41) is 21.9. The molecular formula is C12H21NO3. The fourth-order valence-electron chi connectivity index (χ4n) is 1.82. The van der Waals surface area contributed by atoms with Crippen molar-refractivity contribution in [2.75, 3.05) is 13.2 Å². The minimum atomic E-state index is -0.640. The van der Waals surface area contributed by atoms with Crippen LogP contribution in [0.3, 0.4) is 0 Å². The Balaban J connectivity index is 2.76. The van der Waals surface area contributed by atoms with Gasteiger partial charge in [-0.05, 0) is 31.9 Å². The fraction of sp³-hybridized carbons (Fsp3) is 0.667. The molecule has 0 bridgehead atoms. The Hall–Kier alpha value is -0.840. The first-order chi connectivity index (χ1) is 7.58. The Labute approximate surface area is 96.3 Å². The SMILES string of the molecule is CCC(CO)(CO)NC(C)c1occc1C. The lowest BCUT2D eigenvalue weighted by molar-refractivity contribution is 0.0768. The normalized spacial score (nSPS) is 14.1. The van der Waals surface area contributed by atoms with Crippen molar-refractivity contribution < 1.29 is 14.6 Å². The van der Waals surface area contributed by atoms with E-state index in [-0.39, 0.29) is 19.3 Å². The molecule has 0 spiro atoms. The van der Waals surface area contributed by atoms with E-state index in [9.17, 15) is 10.2 Å². The van der Waals surface area contributed by atoms with E-state index in [1.54, 1.807) is 6.26 Å². The highest BCUT2D eigenvalue weighted by atomic mass is 16.3. The maximum atomic E-state index is 9.34. The van der Waals surface area contributed by atoms with Gasteiger partial charge in [0.25, 0.3) is 0 Å². The molecule has 1 rings (SSSR count). The van der Waals surface area contributed by atoms with Gasteiger partial charge < -0.3 is 14.6 Å². The number of rotatable bonds is 6. The van der Waals surface area contributed by atoms with E-state index in [1.165, 1.54) is 0 Å². The quantitative estimate of drug-likeness (QED) is 0.686. The van der Waals surface area contributed by atoms with E-state index in [4.69, 9.17) is 4.42 Å². The molecule has 1 atom stereocenters. The van der Waals surface area contributed by atoms with Gasteiger partial charge in [0.15, 0.2) is 0 Å². The average molecular weight is 227 g/mol. The first-order valence-electron chi connectivity index (χ1n) is 5.62. The molecule has 0 aliphatic rings. The zero-order chi connectivity index (χ0) is 12.2. The summed E-state index contributed by atoms with van der Waals surface area (Å²) in [6.45, 7) is 5.68. The topological polar surface area (TPSA) is 65.6 Å². The molecule has 1 heterocycles. The first-order valence-corrected chi connectivity index (χ1v) is 5.62. The highest BCUT2D eigenvalue weighted by Gasteiger charge is 2.29. The maximum Gasteiger partial charge on any atom is 0.123 e. The third-order valence-electron chi connectivity index (χ3n) is 3.10. The zero-order valence-electron chi connectivity index (χ0n) is 10.2. The summed E-state index contributed by atoms with van der Waals surface area (Å²) < 4.78 is 5.38. The van der Waals surface area contributed by atoms with Crippen molar-refractivity contribution in [2.45, 2.75) is 38.8 Å². The van der Waals surface area contributed by atoms with Crippen molar-refractivity contribution >= 4 is 0 Å². The average Bonchev–Trinajstić information content (AvgIpc) is 2.72. The predicted octanol–water partition coefficient (Wildman–Crippen LogP) is 1.37. The van der Waals surface area contributed by atoms with Crippen LogP contribution in [0.15, 0.2) is 16.7 Å². The molecule has 3 N–H and O–H groups in total. The molecule has 1 aromatic rings. The van der Waals surface area contributed by atoms with Crippen LogP contribution in [0.25, 0.3) is 0 Å². The van der Waals surface area contributed by atoms with E-state index < -0.39 is 5.54 Å². The third-order valence-corrected chi connectivity index (χ3v) is 3.10. The van der Waals surface area contributed by atoms with E-state index in [0.717, 1.165) is 11.3 Å². The second kappa shape index (κ2) is 5.48. The van der Waals surface area contributed by atoms with Crippen molar-refractivity contribution in [3.05, 3.63) is 23.7 Å². The summed E-state index contributed by atoms with van der Waals surface area (Å²) in [6, 6.07) is 1.87. The van der Waals surface area contributed by atoms with E-state index in [1.807, 2.05) is 26.8 Å². The monoisotopic (exact) mass is 227 g/mol. The van der Waals surface area contributed by atoms with Crippen molar-refractivity contribution in [1.82, 2.24) is 5.32 Å². The van der Waals surface area contributed by atoms with Crippen LogP contribution in [0, 0.1) is 6.92 Å². The lowest BCUT2D eigenvalue weighted by Gasteiger charge is -2.32. The van der Waals surface area contributed by atoms with E-state index in [2.05, 4.69) is 5.32 Å². The van der Waals surface area contributed by atoms with Crippen LogP contribution in [0.2, 0.25) is 0 Å². The molecule has 0 fully saturated rings. The van der Waals surface area contributed by atoms with Gasteiger partial charge in [-0.15, -0.1) is 0 Å². The standard InChI is InChI=1S/C12H21NO3/c1-4-12(7-14,8-15)13-10(3)11-9(2)5-6-16-11/h5-6,10,13-15H,4,7-8H2,1-3H3. The summed E-state index contributed by atoms with van der Waals surface area (Å²) in [6.07, 6.45) is 2.30. The van der Waals surface area contributed by atoms with E-state index >= 15 is 0 Å². The number of hydrogen-bond acceptors (Lipinski definition) is 4. The van der Waals surface area contributed by atoms with Crippen LogP contribution in [-0.2, 0) is 0 Å². The number of aliphatic hydroxyl groups excluding tert-OH is 2. The minimum Gasteiger partial charge on any atom is -0.467 e. The Kier molecular flexibility index (Phi) is 4.53. The summed E-state index contributed by atoms with van der Waals surface area (Å²) >= 11 is 0. The summed E-state index contributed by atoms with van der Waals surface area (Å²) in [5.41, 5.74) is 0.430. The van der Waals surface area contributed by atoms with Crippen molar-refractivity contribution in [2.24, 2.45) is 0 Å². The molecular weight excluding hydrogens is 206 g/mol. The van der Waals surface area contributed by atoms with Gasteiger partial charge in [0.05, 0.1) is 31.1 Å². The molecule has 1 aromatic heterocycles. The molecule has 4 nitrogen and oxygen atoms in total. The highest BCUT2D eigenvalue weighted by Crippen LogP contribution is 2.22. The van der Waals surface area contributed by atoms with Crippen LogP contribution in [0.4, 0.5) is 0 Å². The van der Waals surface area contributed by atoms with Gasteiger partial charge in [-0.25, -0.2) is 0 Å². The van der Waals surface area contributed by atoms with Crippen molar-refractivity contribution in [3.63, 3.8) is 0 Å². The lowest BCUT2D eigenvalue weighted by atomic mass is 9.96. The van der Waals surface area contributed by atoms with Gasteiger partial charge in [-0.2, -0.15) is 0 Å². The number of furan rings is 1. The minimum absolute atomic E-state index is 0.0331. The van der Waals surface area contributed by atoms with Crippen LogP contribution >= 0.6 is 0 Å². The molecule has 1 unspecified atom stereocenters. The van der Waals surface area contributed by atoms with Crippen LogP contribution in [-0.4, -0.2) is 29.0 Å². The number of aliphatic hydroxyl groups is 2. The zero-order valence-corrected chi connectivity index (χ0v) is 10.2. The molecule has 0 radical (unpaired) electrons. The van der Waals surface area contributed by atoms with Gasteiger partial charge >= 0.3 is 0 Å². The van der Waals surface area contributed by atoms with Crippen LogP contribution < -0.4 is 5.32 Å². The first kappa shape index (κ1) is 13.2. The molecule has 16 heavy (non-hydrogen) atoms. The van der Waals surface area contributed by atoms with Crippen molar-refractivity contribution in [1.29, 1.82) is 0 Å². The number of hydrogen-bond donors (Lipinski definition) is 3. The smallest absolute Gasteiger partial charge is 0.123 e. The van der Waals surface area contributed by atoms with Gasteiger partial charge in [-0.3, -0.25) is 5.32 Å². The highest BCUT2D eigenvalue weighted by molar-refractivity contribution is 5.18. The Morgan fingerprint density at radius 3 is 2.44 bits per heavy atom. The summed E-state index contributed by atoms with van der Waals surface area (Å²) in [5.74, 6) is 0.847. The molecule has 4 heteroatoms. The Morgan fingerprint density at radius 2 is 2.06 bits per heavy atom. The molecule has 0 saturated carbocycles. The van der Waals surface area contributed by atoms with Crippen LogP contribution in [0.1, 0.15) is 37.6 Å². The van der Waals surface area contributed by atoms with Gasteiger partial charge in [-0.1, -0.05) is 6.92 Å². The van der Waals surface area contributed by atoms with Gasteiger partial charge in [0.2, 0.25) is 0 Å². The second-order valence-electron chi connectivity index (χ2n) is 4.28. The third kappa shape index (κ3) is 2.64. The van der Waals surface area contributed by atoms with Crippen molar-refractivity contribution in [3.8, 4) is 0 Å². The lowest BCUT2D eigenvalue weighted by Crippen LogP contribution is -2.52. The summed E-state index contributed by atoms with van der Waals surface area (Å²) in [7, 11) is 0. The fourth-order valence-corrected chi connectivity index (χ4v) is 1.82. The van der Waals surface area contributed by atoms with E-state index in [0.29, 0.717) is 6.42 Å². The molecule has 0 saturated heterocycles. The maximum absolute atomic E-state index is 9.34. The Bertz CT molecular complexity index is 310. The number of aryl methyl sites for hydroxylation is 1. The molecule has 0 amide bonds. The molecule has 0 aliphatic carbocycles. The molecule has 0 aliphatic heterocycles. The molecule has 92 valence electrons.